The number of nitrogens with one attached hydrogen (secondary N) is 2. The van der Waals surface area contributed by atoms with Crippen LogP contribution in [0.1, 0.15) is 93.5 Å². The number of fused-ring (bicyclic) bond motifs is 1. The molecule has 0 saturated heterocycles. The normalized spacial score (nSPS) is 13.2. The lowest BCUT2D eigenvalue weighted by molar-refractivity contribution is -0.708. The Morgan fingerprint density at radius 3 is 1.52 bits per heavy atom. The average molecular weight is 1820 g/mol. The number of carbonyl (C=O) groups excluding carboxylic acids is 4. The maximum atomic E-state index is 15.3. The van der Waals surface area contributed by atoms with Crippen LogP contribution in [0.4, 0.5) is 115 Å². The third-order valence-electron chi connectivity index (χ3n) is 16.4. The summed E-state index contributed by atoms with van der Waals surface area (Å²) in [5, 5.41) is 17.3. The van der Waals surface area contributed by atoms with Crippen LogP contribution < -0.4 is 35.7 Å². The van der Waals surface area contributed by atoms with Crippen molar-refractivity contribution in [3.05, 3.63) is 264 Å². The molecule has 0 fully saturated rings. The number of amides is 4. The molecule has 2 N–H and O–H groups in total. The second kappa shape index (κ2) is 32.7. The third kappa shape index (κ3) is 18.2. The quantitative estimate of drug-likeness (QED) is 0.0587. The minimum atomic E-state index is -6.34. The number of alkyl halides is 18. The Hall–Kier alpha value is -9.47. The minimum absolute atomic E-state index is 0.00877. The number of carbonyl (C=O) groups is 4. The highest BCUT2D eigenvalue weighted by Crippen LogP contribution is 2.56. The number of thiazole rings is 1. The van der Waals surface area contributed by atoms with E-state index >= 15 is 8.78 Å². The standard InChI is InChI=1S/C26H17BrF10N2O2.C26H16F11IN2O2.C20H15Cl2N3O2S/c1-23(29,30)24(31,26(35,36)37)14-11-16(25(32,33)34)20(17(27)12-14)38-21(40)15-9-6-10-18(19(15)28)39(2)22(41)13-7-4-3-5-8-13;1-23(29,30)24(31,26(35,36)37)13-10-16(25(32,33)34)20(17(38)11-13)39-21(41)15-4-3-5-18(19(15)28)40(2)22(42)12-6-8-14(27)9-7-12;1-11-6-13(8-14(21)7-11)16-18(26)24-5-3-4-12(2)17(24)25(19(16)27)10-15-9-23-20(22)28-15/h3-12H,1-2H3,(H,38,40);3-11H,1-2H3,(H,39,41);3-9H,10H2,1-2H3. The van der Waals surface area contributed by atoms with Gasteiger partial charge >= 0.3 is 30.3 Å². The summed E-state index contributed by atoms with van der Waals surface area (Å²) >= 11 is 16.9. The van der Waals surface area contributed by atoms with E-state index in [4.69, 9.17) is 23.2 Å². The van der Waals surface area contributed by atoms with Gasteiger partial charge in [0, 0.05) is 75.0 Å². The van der Waals surface area contributed by atoms with Crippen molar-refractivity contribution in [1.82, 2.24) is 9.38 Å². The fourth-order valence-electron chi connectivity index (χ4n) is 11.0. The number of rotatable bonds is 15. The molecule has 0 bridgehead atoms. The predicted octanol–water partition coefficient (Wildman–Crippen LogP) is 20.8. The van der Waals surface area contributed by atoms with Gasteiger partial charge in [0.25, 0.3) is 52.5 Å². The van der Waals surface area contributed by atoms with Gasteiger partial charge in [-0.2, -0.15) is 57.1 Å². The molecule has 3 heterocycles. The Kier molecular flexibility index (Phi) is 25.7. The number of benzene rings is 7. The lowest BCUT2D eigenvalue weighted by atomic mass is 9.87. The summed E-state index contributed by atoms with van der Waals surface area (Å²) in [4.78, 5) is 70.7. The number of hydrogen-bond donors (Lipinski definition) is 2. The second-order valence-electron chi connectivity index (χ2n) is 24.2. The molecule has 111 heavy (non-hydrogen) atoms. The fourth-order valence-corrected chi connectivity index (χ4v) is 13.6. The Morgan fingerprint density at radius 2 is 1.07 bits per heavy atom. The molecule has 2 atom stereocenters. The first-order chi connectivity index (χ1) is 51.2. The zero-order valence-electron chi connectivity index (χ0n) is 56.8. The lowest BCUT2D eigenvalue weighted by Crippen LogP contribution is -2.51. The van der Waals surface area contributed by atoms with Crippen molar-refractivity contribution >= 4 is 125 Å². The van der Waals surface area contributed by atoms with Gasteiger partial charge < -0.3 is 25.5 Å². The largest absolute Gasteiger partial charge is 0.842 e. The predicted molar refractivity (Wildman–Crippen MR) is 379 cm³/mol. The smallest absolute Gasteiger partial charge is 0.432 e. The molecule has 4 amide bonds. The number of hydrogen-bond acceptors (Lipinski definition) is 8. The summed E-state index contributed by atoms with van der Waals surface area (Å²) in [6.07, 6.45) is -20.6. The van der Waals surface area contributed by atoms with E-state index < -0.39 is 179 Å². The van der Waals surface area contributed by atoms with E-state index in [-0.39, 0.29) is 46.8 Å². The summed E-state index contributed by atoms with van der Waals surface area (Å²) in [5.74, 6) is -18.9. The number of anilines is 4. The van der Waals surface area contributed by atoms with Crippen molar-refractivity contribution < 1.29 is 121 Å². The molecule has 13 nitrogen and oxygen atoms in total. The van der Waals surface area contributed by atoms with E-state index in [2.05, 4.69) is 20.9 Å². The molecular formula is C72H48BrCl2F21IN7O6S. The molecule has 2 unspecified atom stereocenters. The third-order valence-corrected chi connectivity index (χ3v) is 19.2. The Balaban J connectivity index is 0.000000213. The van der Waals surface area contributed by atoms with Crippen molar-refractivity contribution in [2.24, 2.45) is 0 Å². The molecule has 0 saturated carbocycles. The second-order valence-corrected chi connectivity index (χ2v) is 28.3. The Morgan fingerprint density at radius 1 is 0.604 bits per heavy atom. The summed E-state index contributed by atoms with van der Waals surface area (Å²) in [6, 6.07) is 25.5. The Labute approximate surface area is 649 Å². The van der Waals surface area contributed by atoms with Crippen molar-refractivity contribution in [3.63, 3.8) is 0 Å². The highest BCUT2D eigenvalue weighted by atomic mass is 127. The first-order valence-electron chi connectivity index (χ1n) is 31.0. The molecular weight excluding hydrogens is 1770 g/mol. The summed E-state index contributed by atoms with van der Waals surface area (Å²) in [7, 11) is 2.25. The van der Waals surface area contributed by atoms with Crippen LogP contribution in [-0.4, -0.2) is 71.3 Å². The van der Waals surface area contributed by atoms with Crippen LogP contribution in [0.25, 0.3) is 16.8 Å². The molecule has 39 heteroatoms. The van der Waals surface area contributed by atoms with Crippen LogP contribution in [0.2, 0.25) is 9.49 Å². The van der Waals surface area contributed by atoms with Crippen LogP contribution in [0, 0.1) is 34.9 Å². The zero-order chi connectivity index (χ0) is 83.1. The van der Waals surface area contributed by atoms with Gasteiger partial charge in [0.2, 0.25) is 0 Å². The Bertz CT molecular complexity index is 5260. The molecule has 588 valence electrons. The molecule has 10 rings (SSSR count). The fraction of sp³-hybridized carbons (Fsp3) is 0.208. The number of nitrogens with zero attached hydrogens (tertiary/aromatic N) is 5. The summed E-state index contributed by atoms with van der Waals surface area (Å²) < 4.78 is 294. The average Bonchev–Trinajstić information content (AvgIpc) is 1.33. The van der Waals surface area contributed by atoms with Gasteiger partial charge in [-0.25, -0.2) is 53.9 Å². The van der Waals surface area contributed by atoms with Gasteiger partial charge in [0.1, 0.15) is 17.9 Å². The van der Waals surface area contributed by atoms with E-state index in [1.165, 1.54) is 47.1 Å². The molecule has 0 aliphatic heterocycles. The first kappa shape index (κ1) is 87.1. The van der Waals surface area contributed by atoms with E-state index in [0.29, 0.717) is 20.7 Å². The molecule has 0 aliphatic rings. The number of aryl methyl sites for hydroxylation is 2. The molecule has 0 aliphatic carbocycles. The van der Waals surface area contributed by atoms with Crippen LogP contribution in [0.3, 0.4) is 0 Å². The van der Waals surface area contributed by atoms with E-state index in [1.807, 2.05) is 19.9 Å². The topological polar surface area (TPSA) is 160 Å². The number of aromatic nitrogens is 3. The zero-order valence-corrected chi connectivity index (χ0v) is 62.8. The maximum Gasteiger partial charge on any atom is 0.432 e. The lowest BCUT2D eigenvalue weighted by Gasteiger charge is -2.34. The highest BCUT2D eigenvalue weighted by Gasteiger charge is 2.71. The van der Waals surface area contributed by atoms with Gasteiger partial charge in [-0.3, -0.25) is 19.2 Å². The SMILES string of the molecule is CN(C(=O)c1ccc(F)cc1)c1cccc(C(=O)Nc2c(I)cc(C(F)(C(C)(F)F)C(F)(F)F)cc2C(F)(F)F)c1F.CN(C(=O)c1ccccc1)c1cccc(C(=O)Nc2c(Br)cc(C(F)(C(C)(F)F)C(F)(F)F)cc2C(F)(F)F)c1F.Cc1cc(Cl)cc(-c2c([O-])[n+](Cc3cnc(Cl)s3)c3c(C)cccn3c2=O)c1. The van der Waals surface area contributed by atoms with Gasteiger partial charge in [-0.05, 0) is 173 Å². The van der Waals surface area contributed by atoms with Crippen molar-refractivity contribution in [2.75, 3.05) is 34.5 Å². The monoisotopic (exact) mass is 1810 g/mol. The number of halogens is 25. The number of pyridine rings is 1. The van der Waals surface area contributed by atoms with E-state index in [0.717, 1.165) is 116 Å². The van der Waals surface area contributed by atoms with Crippen molar-refractivity contribution in [3.8, 4) is 17.0 Å². The van der Waals surface area contributed by atoms with Crippen molar-refractivity contribution in [2.45, 2.75) is 82.1 Å². The highest BCUT2D eigenvalue weighted by molar-refractivity contribution is 14.1. The van der Waals surface area contributed by atoms with Gasteiger partial charge in [0.05, 0.1) is 62.0 Å². The van der Waals surface area contributed by atoms with E-state index in [1.54, 1.807) is 57.9 Å². The van der Waals surface area contributed by atoms with Gasteiger partial charge in [0.15, 0.2) is 16.1 Å². The minimum Gasteiger partial charge on any atom is -0.842 e. The van der Waals surface area contributed by atoms with Crippen LogP contribution in [0.5, 0.6) is 5.88 Å². The molecule has 0 radical (unpaired) electrons. The van der Waals surface area contributed by atoms with Gasteiger partial charge in [-0.15, -0.1) is 11.3 Å². The molecule has 7 aromatic carbocycles. The van der Waals surface area contributed by atoms with Crippen LogP contribution in [0.15, 0.2) is 167 Å². The van der Waals surface area contributed by atoms with E-state index in [9.17, 15) is 112 Å². The van der Waals surface area contributed by atoms with Gasteiger partial charge in [-0.1, -0.05) is 59.6 Å². The molecule has 3 aromatic heterocycles. The van der Waals surface area contributed by atoms with Crippen LogP contribution >= 0.6 is 73.1 Å². The maximum absolute atomic E-state index is 15.3. The van der Waals surface area contributed by atoms with Crippen LogP contribution in [-0.2, 0) is 30.2 Å². The summed E-state index contributed by atoms with van der Waals surface area (Å²) in [6.45, 7) is 3.10. The van der Waals surface area contributed by atoms with Crippen molar-refractivity contribution in [1.29, 1.82) is 0 Å². The first-order valence-corrected chi connectivity index (χ1v) is 34.4. The molecule has 10 aromatic rings. The summed E-state index contributed by atoms with van der Waals surface area (Å²) in [5.41, 5.74) is -22.3. The molecule has 0 spiro atoms.